The fourth-order valence-electron chi connectivity index (χ4n) is 3.42. The van der Waals surface area contributed by atoms with E-state index in [2.05, 4.69) is 10.5 Å². The monoisotopic (exact) mass is 308 g/mol. The molecule has 1 N–H and O–H groups in total. The Morgan fingerprint density at radius 2 is 1.95 bits per heavy atom. The third-order valence-electron chi connectivity index (χ3n) is 4.79. The van der Waals surface area contributed by atoms with Crippen molar-refractivity contribution in [1.29, 1.82) is 0 Å². The topological polar surface area (TPSA) is 73.6 Å². The smallest absolute Gasteiger partial charge is 0.223 e. The van der Waals surface area contributed by atoms with Crippen molar-refractivity contribution in [3.05, 3.63) is 17.0 Å². The number of hydrogen-bond donors (Lipinski definition) is 1. The van der Waals surface area contributed by atoms with Crippen LogP contribution in [0.4, 0.5) is 0 Å². The number of aromatic nitrogens is 1. The first-order chi connectivity index (χ1) is 10.6. The SMILES string of the molecule is Cc1noc(C)c1CCNC(=O)C1CCC2(CC1)OCCO2. The van der Waals surface area contributed by atoms with Crippen LogP contribution < -0.4 is 5.32 Å². The minimum absolute atomic E-state index is 0.0723. The van der Waals surface area contributed by atoms with E-state index in [1.165, 1.54) is 0 Å². The van der Waals surface area contributed by atoms with Gasteiger partial charge in [0.15, 0.2) is 5.79 Å². The van der Waals surface area contributed by atoms with Crippen LogP contribution in [0.2, 0.25) is 0 Å². The number of nitrogens with one attached hydrogen (secondary N) is 1. The number of hydrogen-bond acceptors (Lipinski definition) is 5. The van der Waals surface area contributed by atoms with Gasteiger partial charge in [-0.3, -0.25) is 4.79 Å². The quantitative estimate of drug-likeness (QED) is 0.919. The Hall–Kier alpha value is -1.40. The lowest BCUT2D eigenvalue weighted by Crippen LogP contribution is -2.40. The summed E-state index contributed by atoms with van der Waals surface area (Å²) in [7, 11) is 0. The Morgan fingerprint density at radius 1 is 1.27 bits per heavy atom. The number of amides is 1. The normalized spacial score (nSPS) is 21.4. The highest BCUT2D eigenvalue weighted by Crippen LogP contribution is 2.38. The van der Waals surface area contributed by atoms with Crippen LogP contribution in [0.3, 0.4) is 0 Å². The molecule has 1 aromatic heterocycles. The lowest BCUT2D eigenvalue weighted by molar-refractivity contribution is -0.183. The summed E-state index contributed by atoms with van der Waals surface area (Å²) in [4.78, 5) is 12.3. The Balaban J connectivity index is 1.43. The van der Waals surface area contributed by atoms with Gasteiger partial charge in [-0.25, -0.2) is 0 Å². The summed E-state index contributed by atoms with van der Waals surface area (Å²) in [5, 5.41) is 6.96. The second-order valence-electron chi connectivity index (χ2n) is 6.23. The Bertz CT molecular complexity index is 505. The molecule has 1 aliphatic heterocycles. The molecular formula is C16H24N2O4. The minimum atomic E-state index is -0.395. The first-order valence-corrected chi connectivity index (χ1v) is 8.07. The van der Waals surface area contributed by atoms with Crippen LogP contribution in [0.5, 0.6) is 0 Å². The molecule has 0 aromatic carbocycles. The molecule has 6 heteroatoms. The number of ether oxygens (including phenoxy) is 2. The zero-order valence-corrected chi connectivity index (χ0v) is 13.3. The first-order valence-electron chi connectivity index (χ1n) is 8.07. The molecule has 0 unspecified atom stereocenters. The summed E-state index contributed by atoms with van der Waals surface area (Å²) in [6.07, 6.45) is 4.05. The van der Waals surface area contributed by atoms with Crippen molar-refractivity contribution in [1.82, 2.24) is 10.5 Å². The molecule has 1 spiro atoms. The highest BCUT2D eigenvalue weighted by atomic mass is 16.7. The molecule has 122 valence electrons. The minimum Gasteiger partial charge on any atom is -0.361 e. The van der Waals surface area contributed by atoms with E-state index >= 15 is 0 Å². The van der Waals surface area contributed by atoms with Crippen LogP contribution in [0.1, 0.15) is 42.7 Å². The third kappa shape index (κ3) is 3.17. The van der Waals surface area contributed by atoms with Gasteiger partial charge in [0.2, 0.25) is 5.91 Å². The fourth-order valence-corrected chi connectivity index (χ4v) is 3.42. The molecule has 1 aromatic rings. The summed E-state index contributed by atoms with van der Waals surface area (Å²) >= 11 is 0. The summed E-state index contributed by atoms with van der Waals surface area (Å²) in [6, 6.07) is 0. The average Bonchev–Trinajstić information content (AvgIpc) is 3.09. The molecule has 2 heterocycles. The maximum Gasteiger partial charge on any atom is 0.223 e. The number of rotatable bonds is 4. The van der Waals surface area contributed by atoms with E-state index in [9.17, 15) is 4.79 Å². The maximum absolute atomic E-state index is 12.3. The molecular weight excluding hydrogens is 284 g/mol. The molecule has 0 radical (unpaired) electrons. The van der Waals surface area contributed by atoms with E-state index in [0.29, 0.717) is 19.8 Å². The number of aryl methyl sites for hydroxylation is 2. The van der Waals surface area contributed by atoms with Crippen LogP contribution in [-0.2, 0) is 20.7 Å². The Labute approximate surface area is 130 Å². The largest absolute Gasteiger partial charge is 0.361 e. The molecule has 1 saturated heterocycles. The predicted octanol–water partition coefficient (Wildman–Crippen LogP) is 1.88. The summed E-state index contributed by atoms with van der Waals surface area (Å²) in [5.41, 5.74) is 2.00. The van der Waals surface area contributed by atoms with E-state index in [0.717, 1.165) is 49.1 Å². The molecule has 2 fully saturated rings. The first kappa shape index (κ1) is 15.5. The zero-order chi connectivity index (χ0) is 15.6. The molecule has 1 aliphatic carbocycles. The Kier molecular flexibility index (Phi) is 4.49. The number of carbonyl (C=O) groups excluding carboxylic acids is 1. The van der Waals surface area contributed by atoms with Gasteiger partial charge in [-0.2, -0.15) is 0 Å². The van der Waals surface area contributed by atoms with E-state index in [-0.39, 0.29) is 11.8 Å². The predicted molar refractivity (Wildman–Crippen MR) is 79.3 cm³/mol. The summed E-state index contributed by atoms with van der Waals surface area (Å²) in [6.45, 7) is 5.80. The molecule has 1 saturated carbocycles. The zero-order valence-electron chi connectivity index (χ0n) is 13.3. The summed E-state index contributed by atoms with van der Waals surface area (Å²) < 4.78 is 16.5. The van der Waals surface area contributed by atoms with Crippen LogP contribution in [0.25, 0.3) is 0 Å². The molecule has 6 nitrogen and oxygen atoms in total. The van der Waals surface area contributed by atoms with Gasteiger partial charge in [-0.1, -0.05) is 5.16 Å². The van der Waals surface area contributed by atoms with Gasteiger partial charge < -0.3 is 19.3 Å². The van der Waals surface area contributed by atoms with Crippen molar-refractivity contribution in [3.63, 3.8) is 0 Å². The van der Waals surface area contributed by atoms with Crippen LogP contribution >= 0.6 is 0 Å². The van der Waals surface area contributed by atoms with Gasteiger partial charge in [0, 0.05) is 30.9 Å². The van der Waals surface area contributed by atoms with Crippen LogP contribution in [0.15, 0.2) is 4.52 Å². The number of carbonyl (C=O) groups is 1. The van der Waals surface area contributed by atoms with Crippen molar-refractivity contribution >= 4 is 5.91 Å². The Morgan fingerprint density at radius 3 is 2.55 bits per heavy atom. The van der Waals surface area contributed by atoms with E-state index < -0.39 is 5.79 Å². The molecule has 22 heavy (non-hydrogen) atoms. The standard InChI is InChI=1S/C16H24N2O4/c1-11-14(12(2)22-18-11)5-8-17-15(19)13-3-6-16(7-4-13)20-9-10-21-16/h13H,3-10H2,1-2H3,(H,17,19). The van der Waals surface area contributed by atoms with Gasteiger partial charge in [0.1, 0.15) is 5.76 Å². The average molecular weight is 308 g/mol. The van der Waals surface area contributed by atoms with Gasteiger partial charge in [0.25, 0.3) is 0 Å². The third-order valence-corrected chi connectivity index (χ3v) is 4.79. The van der Waals surface area contributed by atoms with E-state index in [1.54, 1.807) is 0 Å². The fraction of sp³-hybridized carbons (Fsp3) is 0.750. The van der Waals surface area contributed by atoms with Crippen molar-refractivity contribution in [2.45, 2.75) is 51.7 Å². The second kappa shape index (κ2) is 6.38. The molecule has 1 amide bonds. The second-order valence-corrected chi connectivity index (χ2v) is 6.23. The van der Waals surface area contributed by atoms with Crippen molar-refractivity contribution in [2.24, 2.45) is 5.92 Å². The van der Waals surface area contributed by atoms with Crippen molar-refractivity contribution < 1.29 is 18.8 Å². The summed E-state index contributed by atoms with van der Waals surface area (Å²) in [5.74, 6) is 0.651. The maximum atomic E-state index is 12.3. The molecule has 3 rings (SSSR count). The van der Waals surface area contributed by atoms with Crippen molar-refractivity contribution in [3.8, 4) is 0 Å². The van der Waals surface area contributed by atoms with Gasteiger partial charge in [-0.15, -0.1) is 0 Å². The lowest BCUT2D eigenvalue weighted by atomic mass is 9.84. The molecule has 0 bridgehead atoms. The van der Waals surface area contributed by atoms with Crippen LogP contribution in [-0.4, -0.2) is 36.6 Å². The lowest BCUT2D eigenvalue weighted by Gasteiger charge is -2.34. The van der Waals surface area contributed by atoms with E-state index in [4.69, 9.17) is 14.0 Å². The van der Waals surface area contributed by atoms with Gasteiger partial charge in [-0.05, 0) is 33.1 Å². The van der Waals surface area contributed by atoms with Gasteiger partial charge >= 0.3 is 0 Å². The highest BCUT2D eigenvalue weighted by molar-refractivity contribution is 5.78. The highest BCUT2D eigenvalue weighted by Gasteiger charge is 2.41. The van der Waals surface area contributed by atoms with Crippen LogP contribution in [0, 0.1) is 19.8 Å². The van der Waals surface area contributed by atoms with Crippen molar-refractivity contribution in [2.75, 3.05) is 19.8 Å². The molecule has 2 aliphatic rings. The number of nitrogens with zero attached hydrogens (tertiary/aromatic N) is 1. The molecule has 0 atom stereocenters. The van der Waals surface area contributed by atoms with Gasteiger partial charge in [0.05, 0.1) is 18.9 Å². The van der Waals surface area contributed by atoms with E-state index in [1.807, 2.05) is 13.8 Å².